The Morgan fingerprint density at radius 2 is 1.74 bits per heavy atom. The van der Waals surface area contributed by atoms with Crippen LogP contribution in [-0.4, -0.2) is 21.3 Å². The average Bonchev–Trinajstić information content (AvgIpc) is 3.13. The quantitative estimate of drug-likeness (QED) is 0.450. The normalized spacial score (nSPS) is 10.6. The van der Waals surface area contributed by atoms with Crippen molar-refractivity contribution in [3.63, 3.8) is 0 Å². The van der Waals surface area contributed by atoms with Crippen LogP contribution in [-0.2, 0) is 22.7 Å². The summed E-state index contributed by atoms with van der Waals surface area (Å²) in [5.74, 6) is -0.466. The number of Topliss-reactive ketones (excluding diaryl/α,β-unsaturated/α-hetero) is 1. The third-order valence-corrected chi connectivity index (χ3v) is 4.08. The topological polar surface area (TPSA) is 61.2 Å². The van der Waals surface area contributed by atoms with E-state index in [1.165, 1.54) is 24.3 Å². The molecule has 1 aromatic heterocycles. The van der Waals surface area contributed by atoms with Crippen LogP contribution in [0.5, 0.6) is 0 Å². The first-order valence-electron chi connectivity index (χ1n) is 8.60. The van der Waals surface area contributed by atoms with E-state index in [4.69, 9.17) is 4.74 Å². The molecule has 0 fully saturated rings. The lowest BCUT2D eigenvalue weighted by atomic mass is 10.1. The number of halogens is 1. The molecule has 0 aliphatic carbocycles. The highest BCUT2D eigenvalue weighted by atomic mass is 19.1. The number of ether oxygens (including phenoxy) is 1. The number of benzene rings is 2. The minimum atomic E-state index is -0.472. The number of nitrogens with zero attached hydrogens (tertiary/aromatic N) is 2. The zero-order valence-corrected chi connectivity index (χ0v) is 14.7. The number of esters is 1. The second-order valence-corrected chi connectivity index (χ2v) is 6.05. The van der Waals surface area contributed by atoms with Crippen molar-refractivity contribution in [2.45, 2.75) is 26.0 Å². The molecule has 0 N–H and O–H groups in total. The maximum atomic E-state index is 12.9. The van der Waals surface area contributed by atoms with E-state index >= 15 is 0 Å². The van der Waals surface area contributed by atoms with Gasteiger partial charge in [-0.1, -0.05) is 30.3 Å². The fourth-order valence-electron chi connectivity index (χ4n) is 2.62. The van der Waals surface area contributed by atoms with Crippen molar-refractivity contribution in [2.75, 3.05) is 0 Å². The zero-order valence-electron chi connectivity index (χ0n) is 14.7. The first kappa shape index (κ1) is 18.5. The summed E-state index contributed by atoms with van der Waals surface area (Å²) in [6, 6.07) is 15.2. The lowest BCUT2D eigenvalue weighted by Crippen LogP contribution is -2.11. The summed E-state index contributed by atoms with van der Waals surface area (Å²) in [5, 5.41) is 0. The summed E-state index contributed by atoms with van der Waals surface area (Å²) >= 11 is 0. The van der Waals surface area contributed by atoms with Crippen molar-refractivity contribution in [1.82, 2.24) is 9.55 Å². The Kier molecular flexibility index (Phi) is 6.10. The molecule has 0 aliphatic heterocycles. The van der Waals surface area contributed by atoms with Crippen LogP contribution >= 0.6 is 0 Å². The third kappa shape index (κ3) is 5.34. The number of carbonyl (C=O) groups excluding carboxylic acids is 2. The van der Waals surface area contributed by atoms with Crippen LogP contribution in [0.25, 0.3) is 0 Å². The van der Waals surface area contributed by atoms with Gasteiger partial charge in [-0.3, -0.25) is 9.59 Å². The molecule has 0 aliphatic rings. The molecule has 3 rings (SSSR count). The van der Waals surface area contributed by atoms with Gasteiger partial charge in [0.05, 0.1) is 6.42 Å². The first-order valence-corrected chi connectivity index (χ1v) is 8.60. The maximum absolute atomic E-state index is 12.9. The zero-order chi connectivity index (χ0) is 19.1. The van der Waals surface area contributed by atoms with Gasteiger partial charge < -0.3 is 9.30 Å². The van der Waals surface area contributed by atoms with Crippen molar-refractivity contribution in [1.29, 1.82) is 0 Å². The summed E-state index contributed by atoms with van der Waals surface area (Å²) < 4.78 is 20.0. The van der Waals surface area contributed by atoms with E-state index in [2.05, 4.69) is 4.98 Å². The monoisotopic (exact) mass is 366 g/mol. The minimum absolute atomic E-state index is 0.0168. The molecule has 2 aromatic carbocycles. The van der Waals surface area contributed by atoms with Gasteiger partial charge in [-0.2, -0.15) is 0 Å². The molecule has 27 heavy (non-hydrogen) atoms. The number of aromatic nitrogens is 2. The Morgan fingerprint density at radius 1 is 1.00 bits per heavy atom. The highest BCUT2D eigenvalue weighted by Crippen LogP contribution is 2.10. The molecule has 0 saturated carbocycles. The Labute approximate surface area is 156 Å². The van der Waals surface area contributed by atoms with Gasteiger partial charge in [0.15, 0.2) is 5.78 Å². The van der Waals surface area contributed by atoms with Crippen LogP contribution in [0, 0.1) is 5.82 Å². The fourth-order valence-corrected chi connectivity index (χ4v) is 2.62. The molecule has 1 heterocycles. The van der Waals surface area contributed by atoms with Crippen molar-refractivity contribution in [2.24, 2.45) is 0 Å². The average molecular weight is 366 g/mol. The summed E-state index contributed by atoms with van der Waals surface area (Å²) in [5.41, 5.74) is 1.50. The van der Waals surface area contributed by atoms with E-state index in [1.807, 2.05) is 41.1 Å². The van der Waals surface area contributed by atoms with Crippen LogP contribution in [0.15, 0.2) is 67.0 Å². The predicted octanol–water partition coefficient (Wildman–Crippen LogP) is 3.78. The van der Waals surface area contributed by atoms with Crippen LogP contribution in [0.4, 0.5) is 4.39 Å². The molecule has 6 heteroatoms. The molecule has 0 spiro atoms. The number of hydrogen-bond donors (Lipinski definition) is 0. The van der Waals surface area contributed by atoms with Gasteiger partial charge in [0.2, 0.25) is 0 Å². The van der Waals surface area contributed by atoms with Crippen LogP contribution < -0.4 is 0 Å². The lowest BCUT2D eigenvalue weighted by molar-refractivity contribution is -0.145. The van der Waals surface area contributed by atoms with E-state index in [0.717, 1.165) is 5.56 Å². The van der Waals surface area contributed by atoms with E-state index in [-0.39, 0.29) is 25.2 Å². The highest BCUT2D eigenvalue weighted by Gasteiger charge is 2.12. The summed E-state index contributed by atoms with van der Waals surface area (Å²) in [6.45, 7) is 0.681. The van der Waals surface area contributed by atoms with Gasteiger partial charge in [0, 0.05) is 30.9 Å². The largest absolute Gasteiger partial charge is 0.457 e. The molecular weight excluding hydrogens is 347 g/mol. The molecule has 0 radical (unpaired) electrons. The molecule has 3 aromatic rings. The van der Waals surface area contributed by atoms with Gasteiger partial charge in [-0.25, -0.2) is 9.37 Å². The molecule has 5 nitrogen and oxygen atoms in total. The minimum Gasteiger partial charge on any atom is -0.457 e. The standard InChI is InChI=1S/C21H19FN2O3/c22-18-8-6-17(7-9-18)19(25)10-11-21(26)27-15-20-23-12-13-24(20)14-16-4-2-1-3-5-16/h1-9,12-13H,10-11,14-15H2. The molecule has 0 atom stereocenters. The summed E-state index contributed by atoms with van der Waals surface area (Å²) in [4.78, 5) is 28.1. The second-order valence-electron chi connectivity index (χ2n) is 6.05. The van der Waals surface area contributed by atoms with Gasteiger partial charge >= 0.3 is 5.97 Å². The third-order valence-electron chi connectivity index (χ3n) is 4.08. The van der Waals surface area contributed by atoms with Crippen molar-refractivity contribution >= 4 is 11.8 Å². The van der Waals surface area contributed by atoms with Gasteiger partial charge in [-0.05, 0) is 29.8 Å². The Bertz CT molecular complexity index is 905. The highest BCUT2D eigenvalue weighted by molar-refractivity contribution is 5.97. The predicted molar refractivity (Wildman–Crippen MR) is 97.5 cm³/mol. The molecule has 0 saturated heterocycles. The van der Waals surface area contributed by atoms with E-state index < -0.39 is 11.8 Å². The SMILES string of the molecule is O=C(CCC(=O)c1ccc(F)cc1)OCc1nccn1Cc1ccccc1. The first-order chi connectivity index (χ1) is 13.1. The Balaban J connectivity index is 1.47. The molecule has 0 unspecified atom stereocenters. The fraction of sp³-hybridized carbons (Fsp3) is 0.190. The summed E-state index contributed by atoms with van der Waals surface area (Å²) in [6.07, 6.45) is 3.47. The molecular formula is C21H19FN2O3. The van der Waals surface area contributed by atoms with Gasteiger partial charge in [0.25, 0.3) is 0 Å². The van der Waals surface area contributed by atoms with E-state index in [9.17, 15) is 14.0 Å². The van der Waals surface area contributed by atoms with Gasteiger partial charge in [0.1, 0.15) is 18.2 Å². The van der Waals surface area contributed by atoms with Crippen LogP contribution in [0.1, 0.15) is 34.6 Å². The van der Waals surface area contributed by atoms with Gasteiger partial charge in [-0.15, -0.1) is 0 Å². The second kappa shape index (κ2) is 8.89. The maximum Gasteiger partial charge on any atom is 0.306 e. The smallest absolute Gasteiger partial charge is 0.306 e. The summed E-state index contributed by atoms with van der Waals surface area (Å²) in [7, 11) is 0. The molecule has 138 valence electrons. The van der Waals surface area contributed by atoms with Crippen LogP contribution in [0.2, 0.25) is 0 Å². The van der Waals surface area contributed by atoms with Crippen molar-refractivity contribution in [3.05, 3.63) is 89.8 Å². The van der Waals surface area contributed by atoms with Crippen molar-refractivity contribution in [3.8, 4) is 0 Å². The number of rotatable bonds is 8. The van der Waals surface area contributed by atoms with Crippen molar-refractivity contribution < 1.29 is 18.7 Å². The van der Waals surface area contributed by atoms with E-state index in [1.54, 1.807) is 6.20 Å². The Hall–Kier alpha value is -3.28. The number of carbonyl (C=O) groups is 2. The van der Waals surface area contributed by atoms with Crippen LogP contribution in [0.3, 0.4) is 0 Å². The molecule has 0 amide bonds. The molecule has 0 bridgehead atoms. The lowest BCUT2D eigenvalue weighted by Gasteiger charge is -2.09. The Morgan fingerprint density at radius 3 is 2.48 bits per heavy atom. The number of ketones is 1. The number of imidazole rings is 1. The van der Waals surface area contributed by atoms with E-state index in [0.29, 0.717) is 17.9 Å². The number of hydrogen-bond acceptors (Lipinski definition) is 4.